The molecule has 1 aliphatic rings. The van der Waals surface area contributed by atoms with Crippen LogP contribution in [0.2, 0.25) is 0 Å². The molecule has 0 spiro atoms. The molecule has 2 atom stereocenters. The second-order valence-electron chi connectivity index (χ2n) is 5.57. The number of carbonyl (C=O) groups excluding carboxylic acids is 1. The maximum atomic E-state index is 12.3. The zero-order chi connectivity index (χ0) is 17.1. The molecule has 3 N–H and O–H groups in total. The van der Waals surface area contributed by atoms with Crippen LogP contribution in [0.5, 0.6) is 5.75 Å². The number of nitrogens with zero attached hydrogens (tertiary/aromatic N) is 4. The summed E-state index contributed by atoms with van der Waals surface area (Å²) in [5.41, 5.74) is 6.84. The number of benzene rings is 1. The second-order valence-corrected chi connectivity index (χ2v) is 5.57. The smallest absolute Gasteiger partial charge is 0.253 e. The molecule has 1 aliphatic heterocycles. The van der Waals surface area contributed by atoms with Gasteiger partial charge in [0.1, 0.15) is 17.5 Å². The van der Waals surface area contributed by atoms with Crippen molar-refractivity contribution in [2.45, 2.75) is 32.0 Å². The number of hydrogen-bond acceptors (Lipinski definition) is 7. The van der Waals surface area contributed by atoms with Gasteiger partial charge in [0.2, 0.25) is 0 Å². The van der Waals surface area contributed by atoms with E-state index in [1.165, 1.54) is 0 Å². The number of aryl methyl sites for hydroxylation is 1. The van der Waals surface area contributed by atoms with Crippen LogP contribution in [0.1, 0.15) is 18.7 Å². The number of ether oxygens (including phenoxy) is 2. The average molecular weight is 332 g/mol. The molecule has 24 heavy (non-hydrogen) atoms. The monoisotopic (exact) mass is 332 g/mol. The molecule has 1 aromatic heterocycles. The topological polar surface area (TPSA) is 117 Å². The van der Waals surface area contributed by atoms with Crippen molar-refractivity contribution in [3.8, 4) is 11.4 Å². The van der Waals surface area contributed by atoms with E-state index in [0.717, 1.165) is 6.42 Å². The molecule has 0 unspecified atom stereocenters. The van der Waals surface area contributed by atoms with Crippen molar-refractivity contribution >= 4 is 11.6 Å². The van der Waals surface area contributed by atoms with Crippen LogP contribution >= 0.6 is 0 Å². The Morgan fingerprint density at radius 2 is 2.33 bits per heavy atom. The fourth-order valence-electron chi connectivity index (χ4n) is 2.68. The third-order valence-electron chi connectivity index (χ3n) is 3.96. The van der Waals surface area contributed by atoms with Crippen molar-refractivity contribution in [3.05, 3.63) is 24.0 Å². The van der Waals surface area contributed by atoms with Crippen LogP contribution in [0.25, 0.3) is 5.69 Å². The highest BCUT2D eigenvalue weighted by Gasteiger charge is 2.30. The van der Waals surface area contributed by atoms with E-state index >= 15 is 0 Å². The van der Waals surface area contributed by atoms with Gasteiger partial charge in [0.05, 0.1) is 13.2 Å². The molecule has 1 aromatic carbocycles. The van der Waals surface area contributed by atoms with Crippen molar-refractivity contribution < 1.29 is 14.3 Å². The first-order valence-electron chi connectivity index (χ1n) is 7.72. The summed E-state index contributed by atoms with van der Waals surface area (Å²) in [6.07, 6.45) is 0.949. The fourth-order valence-corrected chi connectivity index (χ4v) is 2.68. The van der Waals surface area contributed by atoms with Gasteiger partial charge >= 0.3 is 0 Å². The number of carbonyl (C=O) groups is 1. The molecule has 128 valence electrons. The Hall–Kier alpha value is -2.52. The largest absolute Gasteiger partial charge is 0.494 e. The highest BCUT2D eigenvalue weighted by molar-refractivity contribution is 5.94. The van der Waals surface area contributed by atoms with Gasteiger partial charge in [0, 0.05) is 12.2 Å². The van der Waals surface area contributed by atoms with E-state index in [0.29, 0.717) is 35.9 Å². The summed E-state index contributed by atoms with van der Waals surface area (Å²) < 4.78 is 12.5. The maximum absolute atomic E-state index is 12.3. The van der Waals surface area contributed by atoms with Crippen molar-refractivity contribution in [3.63, 3.8) is 0 Å². The average Bonchev–Trinajstić information content (AvgIpc) is 3.23. The van der Waals surface area contributed by atoms with E-state index in [1.807, 2.05) is 0 Å². The summed E-state index contributed by atoms with van der Waals surface area (Å²) in [5, 5.41) is 14.3. The Bertz CT molecular complexity index is 732. The number of amides is 1. The van der Waals surface area contributed by atoms with Crippen LogP contribution in [0.4, 0.5) is 5.69 Å². The number of hydrogen-bond donors (Lipinski definition) is 2. The Labute approximate surface area is 139 Å². The maximum Gasteiger partial charge on any atom is 0.253 e. The Kier molecular flexibility index (Phi) is 4.72. The quantitative estimate of drug-likeness (QED) is 0.815. The zero-order valence-corrected chi connectivity index (χ0v) is 13.6. The lowest BCUT2D eigenvalue weighted by molar-refractivity contribution is -0.126. The highest BCUT2D eigenvalue weighted by Crippen LogP contribution is 2.27. The molecular weight excluding hydrogens is 312 g/mol. The normalized spacial score (nSPS) is 20.1. The van der Waals surface area contributed by atoms with E-state index in [9.17, 15) is 4.79 Å². The van der Waals surface area contributed by atoms with Gasteiger partial charge in [-0.25, -0.2) is 0 Å². The van der Waals surface area contributed by atoms with Crippen LogP contribution in [0.15, 0.2) is 18.2 Å². The number of nitrogens with one attached hydrogen (secondary N) is 1. The lowest BCUT2D eigenvalue weighted by Crippen LogP contribution is -2.29. The summed E-state index contributed by atoms with van der Waals surface area (Å²) in [7, 11) is 1.57. The predicted molar refractivity (Wildman–Crippen MR) is 86.0 cm³/mol. The molecule has 0 saturated carbocycles. The first kappa shape index (κ1) is 16.3. The second kappa shape index (κ2) is 6.93. The van der Waals surface area contributed by atoms with Gasteiger partial charge < -0.3 is 20.5 Å². The molecule has 0 aliphatic carbocycles. The van der Waals surface area contributed by atoms with Gasteiger partial charge in [-0.15, -0.1) is 5.10 Å². The van der Waals surface area contributed by atoms with E-state index in [-0.39, 0.29) is 12.0 Å². The lowest BCUT2D eigenvalue weighted by atomic mass is 10.2. The third-order valence-corrected chi connectivity index (χ3v) is 3.96. The number of rotatable bonds is 5. The van der Waals surface area contributed by atoms with E-state index in [1.54, 1.807) is 36.9 Å². The van der Waals surface area contributed by atoms with Gasteiger partial charge in [-0.3, -0.25) is 4.79 Å². The predicted octanol–water partition coefficient (Wildman–Crippen LogP) is 0.424. The summed E-state index contributed by atoms with van der Waals surface area (Å²) in [5.74, 6) is 1.03. The molecule has 1 amide bonds. The van der Waals surface area contributed by atoms with Gasteiger partial charge in [0.15, 0.2) is 5.82 Å². The number of aromatic nitrogens is 4. The van der Waals surface area contributed by atoms with Crippen LogP contribution in [0.3, 0.4) is 0 Å². The minimum absolute atomic E-state index is 0.0453. The number of methoxy groups -OCH3 is 1. The number of tetrazole rings is 1. The van der Waals surface area contributed by atoms with Gasteiger partial charge in [-0.2, -0.15) is 4.68 Å². The highest BCUT2D eigenvalue weighted by atomic mass is 16.5. The summed E-state index contributed by atoms with van der Waals surface area (Å²) in [6, 6.07) is 5.27. The Morgan fingerprint density at radius 3 is 2.96 bits per heavy atom. The van der Waals surface area contributed by atoms with Crippen molar-refractivity contribution in [2.24, 2.45) is 5.73 Å². The molecule has 1 fully saturated rings. The Morgan fingerprint density at radius 1 is 1.50 bits per heavy atom. The van der Waals surface area contributed by atoms with Gasteiger partial charge in [-0.05, 0) is 48.4 Å². The summed E-state index contributed by atoms with van der Waals surface area (Å²) in [4.78, 5) is 12.3. The third kappa shape index (κ3) is 3.22. The molecule has 0 radical (unpaired) electrons. The molecule has 9 heteroatoms. The molecule has 2 heterocycles. The lowest BCUT2D eigenvalue weighted by Gasteiger charge is -2.14. The number of nitrogens with two attached hydrogens (primary N) is 1. The van der Waals surface area contributed by atoms with E-state index in [2.05, 4.69) is 20.8 Å². The molecule has 9 nitrogen and oxygen atoms in total. The SMILES string of the molecule is COc1ccc(NC(=O)[C@@H]2CC[C@H](CN)O2)cc1-n1nnnc1C. The Balaban J connectivity index is 1.80. The molecular formula is C15H20N6O3. The summed E-state index contributed by atoms with van der Waals surface area (Å²) in [6.45, 7) is 2.21. The zero-order valence-electron chi connectivity index (χ0n) is 13.6. The molecule has 3 rings (SSSR count). The first-order valence-corrected chi connectivity index (χ1v) is 7.72. The molecule has 1 saturated heterocycles. The van der Waals surface area contributed by atoms with Crippen LogP contribution in [-0.4, -0.2) is 52.0 Å². The minimum atomic E-state index is -0.473. The van der Waals surface area contributed by atoms with E-state index in [4.69, 9.17) is 15.2 Å². The van der Waals surface area contributed by atoms with Crippen molar-refractivity contribution in [1.29, 1.82) is 0 Å². The van der Waals surface area contributed by atoms with Crippen molar-refractivity contribution in [2.75, 3.05) is 19.0 Å². The first-order chi connectivity index (χ1) is 11.6. The van der Waals surface area contributed by atoms with Crippen LogP contribution in [0, 0.1) is 6.92 Å². The van der Waals surface area contributed by atoms with E-state index < -0.39 is 6.10 Å². The fraction of sp³-hybridized carbons (Fsp3) is 0.467. The van der Waals surface area contributed by atoms with Gasteiger partial charge in [-0.1, -0.05) is 0 Å². The standard InChI is InChI=1S/C15H20N6O3/c1-9-18-19-20-21(9)12-7-10(3-5-13(12)23-2)17-15(22)14-6-4-11(8-16)24-14/h3,5,7,11,14H,4,6,8,16H2,1-2H3,(H,17,22)/t11-,14+/m1/s1. The van der Waals surface area contributed by atoms with Crippen molar-refractivity contribution in [1.82, 2.24) is 20.2 Å². The van der Waals surface area contributed by atoms with Gasteiger partial charge in [0.25, 0.3) is 5.91 Å². The number of anilines is 1. The minimum Gasteiger partial charge on any atom is -0.494 e. The van der Waals surface area contributed by atoms with Crippen LogP contribution < -0.4 is 15.8 Å². The van der Waals surface area contributed by atoms with Crippen LogP contribution in [-0.2, 0) is 9.53 Å². The summed E-state index contributed by atoms with van der Waals surface area (Å²) >= 11 is 0. The molecule has 0 bridgehead atoms. The molecule has 2 aromatic rings.